The van der Waals surface area contributed by atoms with Gasteiger partial charge in [-0.15, -0.1) is 0 Å². The molecule has 1 aromatic rings. The smallest absolute Gasteiger partial charge is 0.338 e. The number of rotatable bonds is 7. The van der Waals surface area contributed by atoms with Crippen LogP contribution in [-0.4, -0.2) is 46.2 Å². The zero-order chi connectivity index (χ0) is 17.7. The van der Waals surface area contributed by atoms with Crippen molar-refractivity contribution < 1.29 is 22.7 Å². The number of nitrogens with one attached hydrogen (secondary N) is 1. The van der Waals surface area contributed by atoms with E-state index in [2.05, 4.69) is 5.32 Å². The van der Waals surface area contributed by atoms with Gasteiger partial charge < -0.3 is 10.1 Å². The van der Waals surface area contributed by atoms with Crippen molar-refractivity contribution in [1.82, 2.24) is 5.32 Å². The summed E-state index contributed by atoms with van der Waals surface area (Å²) in [7, 11) is -3.32. The highest BCUT2D eigenvalue weighted by atomic mass is 32.2. The van der Waals surface area contributed by atoms with E-state index in [1.807, 2.05) is 6.92 Å². The van der Waals surface area contributed by atoms with Gasteiger partial charge in [0.25, 0.3) is 5.91 Å². The number of sulfonamides is 1. The van der Waals surface area contributed by atoms with Crippen LogP contribution in [0.3, 0.4) is 0 Å². The Labute approximate surface area is 142 Å². The highest BCUT2D eigenvalue weighted by Crippen LogP contribution is 2.30. The number of fused-ring (bicyclic) bond motifs is 1. The number of amides is 1. The molecule has 1 aliphatic rings. The Morgan fingerprint density at radius 3 is 2.75 bits per heavy atom. The van der Waals surface area contributed by atoms with Crippen LogP contribution in [-0.2, 0) is 26.0 Å². The van der Waals surface area contributed by atoms with Crippen LogP contribution in [0.2, 0.25) is 0 Å². The number of unbranched alkanes of at least 4 members (excludes halogenated alkanes) is 1. The molecule has 0 saturated heterocycles. The summed E-state index contributed by atoms with van der Waals surface area (Å²) < 4.78 is 29.7. The molecule has 132 valence electrons. The standard InChI is InChI=1S/C16H22N2O5S/c1-3-4-8-17-15(19)11-23-16(20)13-5-6-14-12(10-13)7-9-18(14)24(2,21)22/h5-6,10H,3-4,7-9,11H2,1-2H3,(H,17,19). The molecular weight excluding hydrogens is 332 g/mol. The van der Waals surface area contributed by atoms with Gasteiger partial charge in [-0.2, -0.15) is 0 Å². The van der Waals surface area contributed by atoms with Crippen molar-refractivity contribution in [1.29, 1.82) is 0 Å². The zero-order valence-corrected chi connectivity index (χ0v) is 14.7. The minimum absolute atomic E-state index is 0.311. The van der Waals surface area contributed by atoms with Crippen LogP contribution < -0.4 is 9.62 Å². The number of nitrogens with zero attached hydrogens (tertiary/aromatic N) is 1. The average Bonchev–Trinajstić information content (AvgIpc) is 2.96. The molecule has 24 heavy (non-hydrogen) atoms. The molecule has 0 fully saturated rings. The lowest BCUT2D eigenvalue weighted by atomic mass is 10.1. The van der Waals surface area contributed by atoms with Gasteiger partial charge >= 0.3 is 5.97 Å². The number of benzene rings is 1. The molecule has 2 rings (SSSR count). The van der Waals surface area contributed by atoms with Crippen molar-refractivity contribution in [2.75, 3.05) is 30.3 Å². The van der Waals surface area contributed by atoms with Crippen LogP contribution in [0, 0.1) is 0 Å². The lowest BCUT2D eigenvalue weighted by Gasteiger charge is -2.16. The molecule has 1 heterocycles. The third-order valence-electron chi connectivity index (χ3n) is 3.76. The highest BCUT2D eigenvalue weighted by molar-refractivity contribution is 7.92. The van der Waals surface area contributed by atoms with E-state index < -0.39 is 16.0 Å². The van der Waals surface area contributed by atoms with Crippen LogP contribution in [0.5, 0.6) is 0 Å². The topological polar surface area (TPSA) is 92.8 Å². The predicted octanol–water partition coefficient (Wildman–Crippen LogP) is 1.08. The van der Waals surface area contributed by atoms with E-state index in [4.69, 9.17) is 4.74 Å². The van der Waals surface area contributed by atoms with E-state index in [9.17, 15) is 18.0 Å². The summed E-state index contributed by atoms with van der Waals surface area (Å²) in [5, 5.41) is 2.66. The average molecular weight is 354 g/mol. The summed E-state index contributed by atoms with van der Waals surface area (Å²) in [6, 6.07) is 4.73. The molecule has 0 radical (unpaired) electrons. The molecule has 0 aromatic heterocycles. The molecule has 0 spiro atoms. The van der Waals surface area contributed by atoms with E-state index in [1.54, 1.807) is 12.1 Å². The van der Waals surface area contributed by atoms with Crippen molar-refractivity contribution in [3.63, 3.8) is 0 Å². The second-order valence-corrected chi connectivity index (χ2v) is 7.62. The minimum Gasteiger partial charge on any atom is -0.452 e. The van der Waals surface area contributed by atoms with Crippen molar-refractivity contribution >= 4 is 27.6 Å². The Hall–Kier alpha value is -2.09. The summed E-state index contributed by atoms with van der Waals surface area (Å²) >= 11 is 0. The van der Waals surface area contributed by atoms with Gasteiger partial charge in [-0.3, -0.25) is 9.10 Å². The van der Waals surface area contributed by atoms with Gasteiger partial charge in [0, 0.05) is 13.1 Å². The molecule has 0 aliphatic carbocycles. The summed E-state index contributed by atoms with van der Waals surface area (Å²) in [4.78, 5) is 23.6. The summed E-state index contributed by atoms with van der Waals surface area (Å²) in [6.07, 6.45) is 3.55. The zero-order valence-electron chi connectivity index (χ0n) is 13.9. The maximum absolute atomic E-state index is 12.0. The van der Waals surface area contributed by atoms with Crippen LogP contribution in [0.25, 0.3) is 0 Å². The van der Waals surface area contributed by atoms with Crippen molar-refractivity contribution in [2.45, 2.75) is 26.2 Å². The largest absolute Gasteiger partial charge is 0.452 e. The number of anilines is 1. The first kappa shape index (κ1) is 18.3. The van der Waals surface area contributed by atoms with E-state index in [0.29, 0.717) is 30.8 Å². The Kier molecular flexibility index (Phi) is 5.82. The Bertz CT molecular complexity index is 730. The van der Waals surface area contributed by atoms with Gasteiger partial charge in [0.15, 0.2) is 6.61 Å². The van der Waals surface area contributed by atoms with Gasteiger partial charge in [-0.25, -0.2) is 13.2 Å². The van der Waals surface area contributed by atoms with Crippen molar-refractivity contribution in [3.8, 4) is 0 Å². The maximum Gasteiger partial charge on any atom is 0.338 e. The monoisotopic (exact) mass is 354 g/mol. The van der Waals surface area contributed by atoms with Gasteiger partial charge in [-0.1, -0.05) is 13.3 Å². The normalized spacial score (nSPS) is 13.5. The lowest BCUT2D eigenvalue weighted by Crippen LogP contribution is -2.29. The van der Waals surface area contributed by atoms with Crippen LogP contribution in [0.4, 0.5) is 5.69 Å². The fourth-order valence-corrected chi connectivity index (χ4v) is 3.47. The molecule has 1 aromatic carbocycles. The Balaban J connectivity index is 1.96. The fourth-order valence-electron chi connectivity index (χ4n) is 2.51. The molecule has 0 saturated carbocycles. The Morgan fingerprint density at radius 1 is 1.33 bits per heavy atom. The molecule has 1 amide bonds. The summed E-state index contributed by atoms with van der Waals surface area (Å²) in [5.74, 6) is -0.928. The van der Waals surface area contributed by atoms with E-state index >= 15 is 0 Å². The second kappa shape index (κ2) is 7.65. The van der Waals surface area contributed by atoms with Gasteiger partial charge in [0.2, 0.25) is 10.0 Å². The summed E-state index contributed by atoms with van der Waals surface area (Å²) in [5.41, 5.74) is 1.68. The number of ether oxygens (including phenoxy) is 1. The third-order valence-corrected chi connectivity index (χ3v) is 4.94. The molecule has 1 N–H and O–H groups in total. The molecule has 7 nitrogen and oxygen atoms in total. The minimum atomic E-state index is -3.32. The molecule has 0 atom stereocenters. The Morgan fingerprint density at radius 2 is 2.08 bits per heavy atom. The van der Waals surface area contributed by atoms with E-state index in [1.165, 1.54) is 10.4 Å². The molecule has 1 aliphatic heterocycles. The first-order valence-electron chi connectivity index (χ1n) is 7.87. The van der Waals surface area contributed by atoms with E-state index in [0.717, 1.165) is 24.7 Å². The van der Waals surface area contributed by atoms with Crippen molar-refractivity contribution in [3.05, 3.63) is 29.3 Å². The maximum atomic E-state index is 12.0. The molecule has 0 unspecified atom stereocenters. The van der Waals surface area contributed by atoms with Crippen LogP contribution in [0.15, 0.2) is 18.2 Å². The molecule has 8 heteroatoms. The van der Waals surface area contributed by atoms with Crippen molar-refractivity contribution in [2.24, 2.45) is 0 Å². The lowest BCUT2D eigenvalue weighted by molar-refractivity contribution is -0.124. The number of esters is 1. The second-order valence-electron chi connectivity index (χ2n) is 5.71. The molecular formula is C16H22N2O5S. The first-order valence-corrected chi connectivity index (χ1v) is 9.72. The van der Waals surface area contributed by atoms with Crippen LogP contribution in [0.1, 0.15) is 35.7 Å². The number of carbonyl (C=O) groups is 2. The highest BCUT2D eigenvalue weighted by Gasteiger charge is 2.27. The number of hydrogen-bond acceptors (Lipinski definition) is 5. The molecule has 0 bridgehead atoms. The number of carbonyl (C=O) groups excluding carboxylic acids is 2. The quantitative estimate of drug-likeness (QED) is 0.584. The predicted molar refractivity (Wildman–Crippen MR) is 90.5 cm³/mol. The van der Waals surface area contributed by atoms with Gasteiger partial charge in [0.05, 0.1) is 17.5 Å². The SMILES string of the molecule is CCCCNC(=O)COC(=O)c1ccc2c(c1)CCN2S(C)(=O)=O. The van der Waals surface area contributed by atoms with E-state index in [-0.39, 0.29) is 12.5 Å². The third kappa shape index (κ3) is 4.47. The summed E-state index contributed by atoms with van der Waals surface area (Å²) in [6.45, 7) is 2.62. The van der Waals surface area contributed by atoms with Gasteiger partial charge in [-0.05, 0) is 36.6 Å². The van der Waals surface area contributed by atoms with Gasteiger partial charge in [0.1, 0.15) is 0 Å². The fraction of sp³-hybridized carbons (Fsp3) is 0.500. The van der Waals surface area contributed by atoms with Crippen LogP contribution >= 0.6 is 0 Å². The first-order chi connectivity index (χ1) is 11.3. The number of hydrogen-bond donors (Lipinski definition) is 1.